The molecule has 1 fully saturated rings. The molecule has 2 aliphatic rings. The smallest absolute Gasteiger partial charge is 0.244 e. The molecule has 0 bridgehead atoms. The second kappa shape index (κ2) is 3.85. The van der Waals surface area contributed by atoms with Crippen LogP contribution in [-0.4, -0.2) is 21.1 Å². The van der Waals surface area contributed by atoms with E-state index in [2.05, 4.69) is 20.7 Å². The van der Waals surface area contributed by atoms with Crippen LogP contribution in [0.3, 0.4) is 0 Å². The zero-order valence-electron chi connectivity index (χ0n) is 8.78. The fourth-order valence-corrected chi connectivity index (χ4v) is 3.85. The summed E-state index contributed by atoms with van der Waals surface area (Å²) in [5, 5.41) is 0.472. The number of hydrogen-bond acceptors (Lipinski definition) is 3. The Morgan fingerprint density at radius 1 is 1.41 bits per heavy atom. The Kier molecular flexibility index (Phi) is 2.66. The van der Waals surface area contributed by atoms with Gasteiger partial charge in [-0.25, -0.2) is 8.42 Å². The van der Waals surface area contributed by atoms with Crippen molar-refractivity contribution in [3.05, 3.63) is 21.6 Å². The van der Waals surface area contributed by atoms with Gasteiger partial charge in [-0.3, -0.25) is 0 Å². The lowest BCUT2D eigenvalue weighted by molar-refractivity contribution is 0.570. The number of halogens is 2. The summed E-state index contributed by atoms with van der Waals surface area (Å²) in [6.45, 7) is 0.302. The maximum absolute atomic E-state index is 11.9. The average molecular weight is 338 g/mol. The largest absolute Gasteiger partial charge is 0.352 e. The van der Waals surface area contributed by atoms with Crippen molar-refractivity contribution in [1.29, 1.82) is 0 Å². The van der Waals surface area contributed by atoms with Crippen molar-refractivity contribution in [1.82, 2.24) is 4.72 Å². The molecule has 1 heterocycles. The summed E-state index contributed by atoms with van der Waals surface area (Å²) in [7, 11) is -3.42. The SMILES string of the molecule is O=S1(=O)NCN(C2CC2)c2c1ccc(Br)c2Cl. The Labute approximate surface area is 113 Å². The summed E-state index contributed by atoms with van der Waals surface area (Å²) in [4.78, 5) is 2.30. The van der Waals surface area contributed by atoms with Crippen LogP contribution in [0.2, 0.25) is 5.02 Å². The third kappa shape index (κ3) is 1.87. The predicted molar refractivity (Wildman–Crippen MR) is 69.8 cm³/mol. The molecule has 1 aliphatic heterocycles. The minimum absolute atomic E-state index is 0.267. The molecule has 0 saturated heterocycles. The van der Waals surface area contributed by atoms with Crippen LogP contribution in [0.5, 0.6) is 0 Å². The number of nitrogens with one attached hydrogen (secondary N) is 1. The van der Waals surface area contributed by atoms with Crippen LogP contribution in [-0.2, 0) is 10.0 Å². The highest BCUT2D eigenvalue weighted by Crippen LogP contribution is 2.44. The molecule has 0 unspecified atom stereocenters. The maximum Gasteiger partial charge on any atom is 0.244 e. The van der Waals surface area contributed by atoms with Crippen molar-refractivity contribution in [2.45, 2.75) is 23.8 Å². The van der Waals surface area contributed by atoms with Crippen LogP contribution >= 0.6 is 27.5 Å². The molecule has 92 valence electrons. The van der Waals surface area contributed by atoms with Gasteiger partial charge in [0.15, 0.2) is 0 Å². The fraction of sp³-hybridized carbons (Fsp3) is 0.400. The molecule has 0 radical (unpaired) electrons. The third-order valence-electron chi connectivity index (χ3n) is 3.02. The van der Waals surface area contributed by atoms with E-state index in [1.807, 2.05) is 4.90 Å². The van der Waals surface area contributed by atoms with E-state index in [4.69, 9.17) is 11.6 Å². The van der Waals surface area contributed by atoms with Gasteiger partial charge >= 0.3 is 0 Å². The summed E-state index contributed by atoms with van der Waals surface area (Å²) in [5.74, 6) is 0. The van der Waals surface area contributed by atoms with Crippen molar-refractivity contribution in [3.63, 3.8) is 0 Å². The van der Waals surface area contributed by atoms with E-state index in [1.165, 1.54) is 0 Å². The standard InChI is InChI=1S/C10H10BrClN2O2S/c11-7-3-4-8-10(9(7)12)14(6-1-2-6)5-13-17(8,15)16/h3-4,6,13H,1-2,5H2. The molecule has 0 aromatic heterocycles. The summed E-state index contributed by atoms with van der Waals surface area (Å²) in [5.41, 5.74) is 0.627. The van der Waals surface area contributed by atoms with Crippen LogP contribution in [0, 0.1) is 0 Å². The lowest BCUT2D eigenvalue weighted by Gasteiger charge is -2.32. The lowest BCUT2D eigenvalue weighted by atomic mass is 10.3. The second-order valence-electron chi connectivity index (χ2n) is 4.21. The molecule has 0 atom stereocenters. The molecule has 0 spiro atoms. The van der Waals surface area contributed by atoms with Gasteiger partial charge in [0.25, 0.3) is 0 Å². The molecule has 1 aromatic rings. The van der Waals surface area contributed by atoms with E-state index in [0.717, 1.165) is 17.3 Å². The van der Waals surface area contributed by atoms with E-state index in [0.29, 0.717) is 23.4 Å². The Morgan fingerprint density at radius 3 is 2.76 bits per heavy atom. The van der Waals surface area contributed by atoms with Crippen molar-refractivity contribution in [2.75, 3.05) is 11.6 Å². The highest BCUT2D eigenvalue weighted by atomic mass is 79.9. The predicted octanol–water partition coefficient (Wildman–Crippen LogP) is 2.32. The van der Waals surface area contributed by atoms with E-state index >= 15 is 0 Å². The quantitative estimate of drug-likeness (QED) is 0.855. The van der Waals surface area contributed by atoms with E-state index in [1.54, 1.807) is 12.1 Å². The summed E-state index contributed by atoms with van der Waals surface area (Å²) in [6.07, 6.45) is 2.17. The first-order valence-electron chi connectivity index (χ1n) is 5.25. The Balaban J connectivity index is 2.25. The number of hydrogen-bond donors (Lipinski definition) is 1. The summed E-state index contributed by atoms with van der Waals surface area (Å²) >= 11 is 9.56. The van der Waals surface area contributed by atoms with E-state index < -0.39 is 10.0 Å². The van der Waals surface area contributed by atoms with Crippen molar-refractivity contribution in [3.8, 4) is 0 Å². The Hall–Kier alpha value is -0.300. The van der Waals surface area contributed by atoms with Crippen molar-refractivity contribution < 1.29 is 8.42 Å². The highest BCUT2D eigenvalue weighted by Gasteiger charge is 2.38. The van der Waals surface area contributed by atoms with Crippen LogP contribution in [0.1, 0.15) is 12.8 Å². The summed E-state index contributed by atoms with van der Waals surface area (Å²) in [6, 6.07) is 3.66. The first-order valence-corrected chi connectivity index (χ1v) is 7.90. The number of sulfonamides is 1. The Morgan fingerprint density at radius 2 is 2.12 bits per heavy atom. The molecule has 1 aromatic carbocycles. The van der Waals surface area contributed by atoms with Crippen molar-refractivity contribution in [2.24, 2.45) is 0 Å². The van der Waals surface area contributed by atoms with Gasteiger partial charge < -0.3 is 4.90 Å². The second-order valence-corrected chi connectivity index (χ2v) is 7.18. The molecule has 3 rings (SSSR count). The minimum atomic E-state index is -3.42. The van der Waals surface area contributed by atoms with Gasteiger partial charge in [0.1, 0.15) is 4.90 Å². The van der Waals surface area contributed by atoms with Crippen LogP contribution in [0.4, 0.5) is 5.69 Å². The van der Waals surface area contributed by atoms with Gasteiger partial charge in [0.2, 0.25) is 10.0 Å². The van der Waals surface area contributed by atoms with Crippen LogP contribution in [0.15, 0.2) is 21.5 Å². The molecule has 1 saturated carbocycles. The average Bonchev–Trinajstić information content (AvgIpc) is 3.07. The zero-order chi connectivity index (χ0) is 12.2. The molecular weight excluding hydrogens is 328 g/mol. The molecule has 7 heteroatoms. The van der Waals surface area contributed by atoms with Gasteiger partial charge in [-0.15, -0.1) is 0 Å². The Bertz CT molecular complexity index is 586. The summed E-state index contributed by atoms with van der Waals surface area (Å²) < 4.78 is 27.1. The maximum atomic E-state index is 11.9. The highest BCUT2D eigenvalue weighted by molar-refractivity contribution is 9.10. The molecule has 17 heavy (non-hydrogen) atoms. The van der Waals surface area contributed by atoms with Gasteiger partial charge in [0.05, 0.1) is 17.4 Å². The van der Waals surface area contributed by atoms with Gasteiger partial charge in [-0.1, -0.05) is 11.6 Å². The monoisotopic (exact) mass is 336 g/mol. The molecule has 4 nitrogen and oxygen atoms in total. The van der Waals surface area contributed by atoms with Crippen LogP contribution < -0.4 is 9.62 Å². The first-order chi connectivity index (χ1) is 8.00. The third-order valence-corrected chi connectivity index (χ3v) is 5.71. The topological polar surface area (TPSA) is 49.4 Å². The number of benzene rings is 1. The molecule has 1 N–H and O–H groups in total. The first kappa shape index (κ1) is 11.8. The zero-order valence-corrected chi connectivity index (χ0v) is 11.9. The van der Waals surface area contributed by atoms with Crippen LogP contribution in [0.25, 0.3) is 0 Å². The van der Waals surface area contributed by atoms with Gasteiger partial charge in [0, 0.05) is 10.5 Å². The molecule has 0 amide bonds. The number of fused-ring (bicyclic) bond motifs is 1. The normalized spacial score (nSPS) is 22.4. The molecular formula is C10H10BrClN2O2S. The minimum Gasteiger partial charge on any atom is -0.352 e. The fourth-order valence-electron chi connectivity index (χ4n) is 2.02. The molecule has 1 aliphatic carbocycles. The van der Waals surface area contributed by atoms with Crippen molar-refractivity contribution >= 4 is 43.2 Å². The van der Waals surface area contributed by atoms with E-state index in [-0.39, 0.29) is 4.90 Å². The van der Waals surface area contributed by atoms with Gasteiger partial charge in [-0.2, -0.15) is 4.72 Å². The number of rotatable bonds is 1. The number of nitrogens with zero attached hydrogens (tertiary/aromatic N) is 1. The van der Waals surface area contributed by atoms with Gasteiger partial charge in [-0.05, 0) is 40.9 Å². The van der Waals surface area contributed by atoms with E-state index in [9.17, 15) is 8.42 Å². The number of anilines is 1. The lowest BCUT2D eigenvalue weighted by Crippen LogP contribution is -2.44.